The molecule has 0 saturated heterocycles. The molecule has 0 spiro atoms. The Morgan fingerprint density at radius 3 is 2.77 bits per heavy atom. The van der Waals surface area contributed by atoms with Gasteiger partial charge in [-0.05, 0) is 35.9 Å². The van der Waals surface area contributed by atoms with Crippen LogP contribution >= 0.6 is 11.6 Å². The number of halogens is 1. The molecule has 0 saturated carbocycles. The van der Waals surface area contributed by atoms with Crippen molar-refractivity contribution in [3.8, 4) is 11.5 Å². The summed E-state index contributed by atoms with van der Waals surface area (Å²) >= 11 is 6.13. The predicted molar refractivity (Wildman–Crippen MR) is 97.4 cm³/mol. The molecule has 0 aliphatic rings. The Bertz CT molecular complexity index is 931. The number of carbonyl (C=O) groups is 1. The predicted octanol–water partition coefficient (Wildman–Crippen LogP) is 4.26. The smallest absolute Gasteiger partial charge is 0.331 e. The molecule has 7 heteroatoms. The Morgan fingerprint density at radius 2 is 2.04 bits per heavy atom. The van der Waals surface area contributed by atoms with Crippen molar-refractivity contribution in [3.63, 3.8) is 0 Å². The number of oxazole rings is 1. The van der Waals surface area contributed by atoms with E-state index in [4.69, 9.17) is 30.2 Å². The zero-order valence-corrected chi connectivity index (χ0v) is 14.9. The highest BCUT2D eigenvalue weighted by Crippen LogP contribution is 2.36. The minimum absolute atomic E-state index is 0.0510. The topological polar surface area (TPSA) is 70.8 Å². The molecule has 3 rings (SSSR count). The summed E-state index contributed by atoms with van der Waals surface area (Å²) in [6.07, 6.45) is 2.86. The Hall–Kier alpha value is -2.99. The lowest BCUT2D eigenvalue weighted by molar-refractivity contribution is -0.139. The van der Waals surface area contributed by atoms with Crippen molar-refractivity contribution in [1.29, 1.82) is 0 Å². The number of fused-ring (bicyclic) bond motifs is 1. The minimum atomic E-state index is -0.529. The van der Waals surface area contributed by atoms with Gasteiger partial charge in [-0.3, -0.25) is 0 Å². The highest BCUT2D eigenvalue weighted by molar-refractivity contribution is 6.32. The summed E-state index contributed by atoms with van der Waals surface area (Å²) in [5.74, 6) is 0.713. The van der Waals surface area contributed by atoms with Gasteiger partial charge in [0, 0.05) is 6.08 Å². The first-order valence-electron chi connectivity index (χ1n) is 7.71. The lowest BCUT2D eigenvalue weighted by atomic mass is 10.2. The van der Waals surface area contributed by atoms with Gasteiger partial charge < -0.3 is 18.6 Å². The van der Waals surface area contributed by atoms with Crippen LogP contribution < -0.4 is 9.47 Å². The van der Waals surface area contributed by atoms with Gasteiger partial charge in [0.1, 0.15) is 5.52 Å². The fourth-order valence-electron chi connectivity index (χ4n) is 2.36. The molecule has 2 aromatic carbocycles. The van der Waals surface area contributed by atoms with E-state index in [0.717, 1.165) is 0 Å². The third kappa shape index (κ3) is 3.97. The molecule has 6 nitrogen and oxygen atoms in total. The Morgan fingerprint density at radius 1 is 1.23 bits per heavy atom. The molecule has 1 aromatic heterocycles. The van der Waals surface area contributed by atoms with Gasteiger partial charge in [-0.25, -0.2) is 9.78 Å². The van der Waals surface area contributed by atoms with Gasteiger partial charge in [0.25, 0.3) is 0 Å². The van der Waals surface area contributed by atoms with Crippen molar-refractivity contribution in [2.75, 3.05) is 14.2 Å². The summed E-state index contributed by atoms with van der Waals surface area (Å²) in [5.41, 5.74) is 2.04. The van der Waals surface area contributed by atoms with Crippen LogP contribution in [-0.2, 0) is 16.1 Å². The molecule has 3 aromatic rings. The maximum absolute atomic E-state index is 11.9. The first-order valence-corrected chi connectivity index (χ1v) is 8.09. The second-order valence-electron chi connectivity index (χ2n) is 5.25. The number of carbonyl (C=O) groups excluding carboxylic acids is 1. The molecule has 0 atom stereocenters. The van der Waals surface area contributed by atoms with Gasteiger partial charge in [-0.2, -0.15) is 0 Å². The molecule has 0 bridgehead atoms. The average molecular weight is 374 g/mol. The number of benzene rings is 2. The van der Waals surface area contributed by atoms with E-state index >= 15 is 0 Å². The molecule has 0 aliphatic carbocycles. The minimum Gasteiger partial charge on any atom is -0.493 e. The molecular weight excluding hydrogens is 358 g/mol. The lowest BCUT2D eigenvalue weighted by Crippen LogP contribution is -2.00. The van der Waals surface area contributed by atoms with Gasteiger partial charge in [0.2, 0.25) is 5.89 Å². The molecule has 0 amide bonds. The summed E-state index contributed by atoms with van der Waals surface area (Å²) < 4.78 is 21.0. The maximum Gasteiger partial charge on any atom is 0.331 e. The van der Waals surface area contributed by atoms with Crippen molar-refractivity contribution in [2.24, 2.45) is 0 Å². The lowest BCUT2D eigenvalue weighted by Gasteiger charge is -2.10. The standard InChI is InChI=1S/C19H16ClNO5/c1-23-16-10-12(9-13(20)19(16)24-2)7-8-18(22)25-11-17-21-14-5-3-4-6-15(14)26-17/h3-10H,11H2,1-2H3/b8-7+. The molecule has 1 heterocycles. The van der Waals surface area contributed by atoms with Crippen molar-refractivity contribution in [2.45, 2.75) is 6.61 Å². The van der Waals surface area contributed by atoms with Crippen molar-refractivity contribution >= 4 is 34.7 Å². The summed E-state index contributed by atoms with van der Waals surface area (Å²) in [4.78, 5) is 16.1. The van der Waals surface area contributed by atoms with E-state index in [-0.39, 0.29) is 6.61 Å². The normalized spacial score (nSPS) is 11.0. The Balaban J connectivity index is 1.65. The summed E-state index contributed by atoms with van der Waals surface area (Å²) in [7, 11) is 3.01. The van der Waals surface area contributed by atoms with Crippen LogP contribution in [0.2, 0.25) is 5.02 Å². The monoisotopic (exact) mass is 373 g/mol. The van der Waals surface area contributed by atoms with Crippen LogP contribution in [0.3, 0.4) is 0 Å². The molecular formula is C19H16ClNO5. The Labute approximate surface area is 154 Å². The molecule has 0 fully saturated rings. The summed E-state index contributed by atoms with van der Waals surface area (Å²) in [5, 5.41) is 0.381. The Kier molecular flexibility index (Phi) is 5.43. The maximum atomic E-state index is 11.9. The number of para-hydroxylation sites is 2. The van der Waals surface area contributed by atoms with Gasteiger partial charge in [-0.15, -0.1) is 0 Å². The number of aromatic nitrogens is 1. The van der Waals surface area contributed by atoms with Crippen molar-refractivity contribution in [3.05, 3.63) is 59.0 Å². The molecule has 26 heavy (non-hydrogen) atoms. The first-order chi connectivity index (χ1) is 12.6. The van der Waals surface area contributed by atoms with Crippen LogP contribution in [0.5, 0.6) is 11.5 Å². The molecule has 0 radical (unpaired) electrons. The number of hydrogen-bond donors (Lipinski definition) is 0. The van der Waals surface area contributed by atoms with E-state index < -0.39 is 5.97 Å². The second kappa shape index (κ2) is 7.93. The molecule has 0 unspecified atom stereocenters. The summed E-state index contributed by atoms with van der Waals surface area (Å²) in [6, 6.07) is 10.7. The highest BCUT2D eigenvalue weighted by Gasteiger charge is 2.10. The zero-order valence-electron chi connectivity index (χ0n) is 14.2. The quantitative estimate of drug-likeness (QED) is 0.475. The average Bonchev–Trinajstić information content (AvgIpc) is 3.07. The number of hydrogen-bond acceptors (Lipinski definition) is 6. The van der Waals surface area contributed by atoms with Crippen LogP contribution in [0.15, 0.2) is 46.9 Å². The van der Waals surface area contributed by atoms with Crippen LogP contribution in [0.4, 0.5) is 0 Å². The van der Waals surface area contributed by atoms with E-state index in [9.17, 15) is 4.79 Å². The van der Waals surface area contributed by atoms with Crippen molar-refractivity contribution in [1.82, 2.24) is 4.98 Å². The van der Waals surface area contributed by atoms with Gasteiger partial charge >= 0.3 is 5.97 Å². The van der Waals surface area contributed by atoms with Crippen LogP contribution in [0.25, 0.3) is 17.2 Å². The van der Waals surface area contributed by atoms with E-state index in [0.29, 0.717) is 39.1 Å². The van der Waals surface area contributed by atoms with Crippen LogP contribution in [0, 0.1) is 0 Å². The van der Waals surface area contributed by atoms with E-state index in [1.807, 2.05) is 18.2 Å². The number of ether oxygens (including phenoxy) is 3. The SMILES string of the molecule is COc1cc(/C=C/C(=O)OCc2nc3ccccc3o2)cc(Cl)c1OC. The van der Waals surface area contributed by atoms with Crippen LogP contribution in [0.1, 0.15) is 11.5 Å². The third-order valence-corrected chi connectivity index (χ3v) is 3.82. The van der Waals surface area contributed by atoms with E-state index in [2.05, 4.69) is 4.98 Å². The molecule has 134 valence electrons. The highest BCUT2D eigenvalue weighted by atomic mass is 35.5. The van der Waals surface area contributed by atoms with E-state index in [1.165, 1.54) is 20.3 Å². The molecule has 0 aliphatic heterocycles. The van der Waals surface area contributed by atoms with E-state index in [1.54, 1.807) is 24.3 Å². The second-order valence-corrected chi connectivity index (χ2v) is 5.66. The van der Waals surface area contributed by atoms with Gasteiger partial charge in [0.05, 0.1) is 19.2 Å². The molecule has 0 N–H and O–H groups in total. The number of rotatable bonds is 6. The number of nitrogens with zero attached hydrogens (tertiary/aromatic N) is 1. The van der Waals surface area contributed by atoms with Gasteiger partial charge in [0.15, 0.2) is 23.7 Å². The largest absolute Gasteiger partial charge is 0.493 e. The number of esters is 1. The van der Waals surface area contributed by atoms with Crippen LogP contribution in [-0.4, -0.2) is 25.2 Å². The first kappa shape index (κ1) is 17.8. The van der Waals surface area contributed by atoms with Crippen molar-refractivity contribution < 1.29 is 23.4 Å². The number of methoxy groups -OCH3 is 2. The fourth-order valence-corrected chi connectivity index (χ4v) is 2.66. The fraction of sp³-hybridized carbons (Fsp3) is 0.158. The third-order valence-electron chi connectivity index (χ3n) is 3.54. The van der Waals surface area contributed by atoms with Gasteiger partial charge in [-0.1, -0.05) is 23.7 Å². The zero-order chi connectivity index (χ0) is 18.5. The summed E-state index contributed by atoms with van der Waals surface area (Å²) in [6.45, 7) is -0.0510.